The number of hydrogen-bond acceptors (Lipinski definition) is 3. The van der Waals surface area contributed by atoms with Crippen molar-refractivity contribution in [1.82, 2.24) is 0 Å². The molecule has 0 aliphatic heterocycles. The fourth-order valence-electron chi connectivity index (χ4n) is 2.55. The summed E-state index contributed by atoms with van der Waals surface area (Å²) in [6, 6.07) is 0. The Labute approximate surface area is 110 Å². The van der Waals surface area contributed by atoms with Gasteiger partial charge in [-0.05, 0) is 32.6 Å². The molecule has 0 radical (unpaired) electrons. The Bertz CT molecular complexity index is 303. The predicted octanol–water partition coefficient (Wildman–Crippen LogP) is 3.07. The number of aliphatic hydroxyl groups is 1. The molecule has 1 aliphatic rings. The number of aliphatic hydroxyl groups excluding tert-OH is 1. The number of esters is 1. The summed E-state index contributed by atoms with van der Waals surface area (Å²) in [5.41, 5.74) is 0.336. The van der Waals surface area contributed by atoms with Gasteiger partial charge in [-0.1, -0.05) is 32.3 Å². The second kappa shape index (κ2) is 6.93. The van der Waals surface area contributed by atoms with Crippen LogP contribution in [0.25, 0.3) is 0 Å². The number of carbonyl (C=O) groups excluding carboxylic acids is 1. The van der Waals surface area contributed by atoms with E-state index in [9.17, 15) is 9.90 Å². The molecule has 0 aromatic heterocycles. The highest BCUT2D eigenvalue weighted by molar-refractivity contribution is 5.87. The number of allylic oxidation sites excluding steroid dienone is 1. The molecule has 1 fully saturated rings. The molecular weight excluding hydrogens is 228 g/mol. The zero-order valence-corrected chi connectivity index (χ0v) is 11.9. The van der Waals surface area contributed by atoms with Crippen molar-refractivity contribution >= 4 is 5.97 Å². The molecule has 104 valence electrons. The Balaban J connectivity index is 2.56. The molecule has 1 aliphatic carbocycles. The van der Waals surface area contributed by atoms with Crippen molar-refractivity contribution in [2.75, 3.05) is 13.2 Å². The quantitative estimate of drug-likeness (QED) is 0.606. The summed E-state index contributed by atoms with van der Waals surface area (Å²) in [4.78, 5) is 11.6. The minimum atomic E-state index is -0.288. The monoisotopic (exact) mass is 254 g/mol. The van der Waals surface area contributed by atoms with Crippen LogP contribution in [0.5, 0.6) is 0 Å². The van der Waals surface area contributed by atoms with Crippen LogP contribution in [0.4, 0.5) is 0 Å². The van der Waals surface area contributed by atoms with Gasteiger partial charge in [0.15, 0.2) is 0 Å². The highest BCUT2D eigenvalue weighted by Crippen LogP contribution is 2.38. The first-order valence-electron chi connectivity index (χ1n) is 6.94. The fourth-order valence-corrected chi connectivity index (χ4v) is 2.55. The van der Waals surface area contributed by atoms with Crippen LogP contribution >= 0.6 is 0 Å². The van der Waals surface area contributed by atoms with Crippen LogP contribution in [0.15, 0.2) is 11.6 Å². The van der Waals surface area contributed by atoms with E-state index >= 15 is 0 Å². The SMILES string of the molecule is CC=C(C)C(=O)OCC(C)(CO)C1CCCCC1. The Morgan fingerprint density at radius 2 is 2.00 bits per heavy atom. The molecule has 1 unspecified atom stereocenters. The van der Waals surface area contributed by atoms with Crippen molar-refractivity contribution in [2.45, 2.75) is 52.9 Å². The molecule has 0 aromatic carbocycles. The van der Waals surface area contributed by atoms with Crippen molar-refractivity contribution < 1.29 is 14.6 Å². The first-order chi connectivity index (χ1) is 8.53. The van der Waals surface area contributed by atoms with Crippen LogP contribution in [0.2, 0.25) is 0 Å². The number of ether oxygens (including phenoxy) is 1. The maximum atomic E-state index is 11.6. The van der Waals surface area contributed by atoms with Gasteiger partial charge in [0.05, 0.1) is 13.2 Å². The molecule has 1 atom stereocenters. The largest absolute Gasteiger partial charge is 0.462 e. The number of hydrogen-bond donors (Lipinski definition) is 1. The molecule has 1 saturated carbocycles. The molecule has 0 saturated heterocycles. The molecule has 0 bridgehead atoms. The lowest BCUT2D eigenvalue weighted by molar-refractivity contribution is -0.145. The van der Waals surface area contributed by atoms with Crippen LogP contribution in [-0.2, 0) is 9.53 Å². The lowest BCUT2D eigenvalue weighted by Gasteiger charge is -2.38. The van der Waals surface area contributed by atoms with Crippen molar-refractivity contribution in [3.63, 3.8) is 0 Å². The van der Waals surface area contributed by atoms with Gasteiger partial charge in [0.2, 0.25) is 0 Å². The van der Waals surface area contributed by atoms with E-state index < -0.39 is 0 Å². The van der Waals surface area contributed by atoms with Crippen LogP contribution < -0.4 is 0 Å². The lowest BCUT2D eigenvalue weighted by atomic mass is 9.71. The second-order valence-corrected chi connectivity index (χ2v) is 5.69. The highest BCUT2D eigenvalue weighted by atomic mass is 16.5. The maximum absolute atomic E-state index is 11.6. The first kappa shape index (κ1) is 15.2. The van der Waals surface area contributed by atoms with E-state index in [0.29, 0.717) is 18.1 Å². The fraction of sp³-hybridized carbons (Fsp3) is 0.800. The smallest absolute Gasteiger partial charge is 0.333 e. The number of carbonyl (C=O) groups is 1. The predicted molar refractivity (Wildman–Crippen MR) is 72.2 cm³/mol. The Kier molecular flexibility index (Phi) is 5.86. The van der Waals surface area contributed by atoms with Gasteiger partial charge < -0.3 is 9.84 Å². The third-order valence-corrected chi connectivity index (χ3v) is 4.24. The molecule has 1 rings (SSSR count). The van der Waals surface area contributed by atoms with E-state index in [0.717, 1.165) is 12.8 Å². The Morgan fingerprint density at radius 1 is 1.39 bits per heavy atom. The summed E-state index contributed by atoms with van der Waals surface area (Å²) in [6.07, 6.45) is 7.76. The Hall–Kier alpha value is -0.830. The zero-order chi connectivity index (χ0) is 13.6. The number of rotatable bonds is 5. The summed E-state index contributed by atoms with van der Waals surface area (Å²) in [7, 11) is 0. The standard InChI is InChI=1S/C15H26O3/c1-4-12(2)14(17)18-11-15(3,10-16)13-8-6-5-7-9-13/h4,13,16H,5-11H2,1-3H3. The van der Waals surface area contributed by atoms with Gasteiger partial charge in [0, 0.05) is 11.0 Å². The van der Waals surface area contributed by atoms with Crippen LogP contribution in [-0.4, -0.2) is 24.3 Å². The van der Waals surface area contributed by atoms with Gasteiger partial charge in [0.1, 0.15) is 0 Å². The van der Waals surface area contributed by atoms with Gasteiger partial charge in [-0.15, -0.1) is 0 Å². The van der Waals surface area contributed by atoms with E-state index in [2.05, 4.69) is 0 Å². The second-order valence-electron chi connectivity index (χ2n) is 5.69. The summed E-state index contributed by atoms with van der Waals surface area (Å²) in [5, 5.41) is 9.64. The average molecular weight is 254 g/mol. The van der Waals surface area contributed by atoms with Gasteiger partial charge in [-0.2, -0.15) is 0 Å². The topological polar surface area (TPSA) is 46.5 Å². The molecule has 0 aromatic rings. The maximum Gasteiger partial charge on any atom is 0.333 e. The minimum Gasteiger partial charge on any atom is -0.462 e. The van der Waals surface area contributed by atoms with Gasteiger partial charge in [0.25, 0.3) is 0 Å². The molecule has 1 N–H and O–H groups in total. The van der Waals surface area contributed by atoms with Crippen molar-refractivity contribution in [2.24, 2.45) is 11.3 Å². The van der Waals surface area contributed by atoms with Gasteiger partial charge in [-0.3, -0.25) is 0 Å². The summed E-state index contributed by atoms with van der Waals surface area (Å²) >= 11 is 0. The third-order valence-electron chi connectivity index (χ3n) is 4.24. The minimum absolute atomic E-state index is 0.0832. The highest BCUT2D eigenvalue weighted by Gasteiger charge is 2.35. The summed E-state index contributed by atoms with van der Waals surface area (Å²) in [6.45, 7) is 6.00. The van der Waals surface area contributed by atoms with Gasteiger partial charge in [-0.25, -0.2) is 4.79 Å². The van der Waals surface area contributed by atoms with Crippen LogP contribution in [0, 0.1) is 11.3 Å². The molecule has 3 heteroatoms. The van der Waals surface area contributed by atoms with Crippen molar-refractivity contribution in [3.05, 3.63) is 11.6 Å². The van der Waals surface area contributed by atoms with E-state index in [1.54, 1.807) is 13.0 Å². The van der Waals surface area contributed by atoms with E-state index in [4.69, 9.17) is 4.74 Å². The zero-order valence-electron chi connectivity index (χ0n) is 11.9. The van der Waals surface area contributed by atoms with E-state index in [-0.39, 0.29) is 18.0 Å². The first-order valence-corrected chi connectivity index (χ1v) is 6.94. The van der Waals surface area contributed by atoms with E-state index in [1.165, 1.54) is 19.3 Å². The van der Waals surface area contributed by atoms with Crippen LogP contribution in [0.3, 0.4) is 0 Å². The third kappa shape index (κ3) is 3.84. The van der Waals surface area contributed by atoms with Gasteiger partial charge >= 0.3 is 5.97 Å². The molecule has 3 nitrogen and oxygen atoms in total. The molecule has 0 heterocycles. The van der Waals surface area contributed by atoms with E-state index in [1.807, 2.05) is 13.8 Å². The summed E-state index contributed by atoms with van der Waals surface area (Å²) < 4.78 is 5.34. The van der Waals surface area contributed by atoms with Crippen molar-refractivity contribution in [3.8, 4) is 0 Å². The molecular formula is C15H26O3. The molecule has 18 heavy (non-hydrogen) atoms. The molecule has 0 amide bonds. The normalized spacial score (nSPS) is 21.4. The van der Waals surface area contributed by atoms with Crippen molar-refractivity contribution in [1.29, 1.82) is 0 Å². The van der Waals surface area contributed by atoms with Crippen LogP contribution in [0.1, 0.15) is 52.9 Å². The summed E-state index contributed by atoms with van der Waals surface area (Å²) in [5.74, 6) is 0.197. The molecule has 0 spiro atoms. The lowest BCUT2D eigenvalue weighted by Crippen LogP contribution is -2.38. The average Bonchev–Trinajstić information content (AvgIpc) is 2.44. The Morgan fingerprint density at radius 3 is 2.50 bits per heavy atom.